The van der Waals surface area contributed by atoms with E-state index in [0.29, 0.717) is 30.2 Å². The van der Waals surface area contributed by atoms with Gasteiger partial charge in [0.05, 0.1) is 10.5 Å². The van der Waals surface area contributed by atoms with Gasteiger partial charge in [0.15, 0.2) is 0 Å². The van der Waals surface area contributed by atoms with Crippen LogP contribution in [0, 0.1) is 0 Å². The van der Waals surface area contributed by atoms with E-state index >= 15 is 0 Å². The van der Waals surface area contributed by atoms with E-state index in [9.17, 15) is 21.6 Å². The molecule has 110 valence electrons. The van der Waals surface area contributed by atoms with E-state index < -0.39 is 21.6 Å². The molecule has 7 heteroatoms. The van der Waals surface area contributed by atoms with Gasteiger partial charge in [0.1, 0.15) is 0 Å². The molecule has 1 aliphatic rings. The van der Waals surface area contributed by atoms with Gasteiger partial charge in [0.2, 0.25) is 9.84 Å². The summed E-state index contributed by atoms with van der Waals surface area (Å²) in [5, 5.41) is 4.02. The van der Waals surface area contributed by atoms with E-state index in [1.165, 1.54) is 6.07 Å². The van der Waals surface area contributed by atoms with Gasteiger partial charge in [-0.1, -0.05) is 6.07 Å². The van der Waals surface area contributed by atoms with E-state index in [-0.39, 0.29) is 4.90 Å². The van der Waals surface area contributed by atoms with Crippen molar-refractivity contribution in [3.05, 3.63) is 34.7 Å². The number of allylic oxidation sites excluding steroid dienone is 1. The first-order valence-corrected chi connectivity index (χ1v) is 7.62. The quantitative estimate of drug-likeness (QED) is 0.870. The minimum Gasteiger partial charge on any atom is -0.320 e. The van der Waals surface area contributed by atoms with E-state index in [0.717, 1.165) is 17.9 Å². The molecule has 0 aromatic heterocycles. The zero-order valence-electron chi connectivity index (χ0n) is 10.8. The molecule has 0 saturated heterocycles. The predicted octanol–water partition coefficient (Wildman–Crippen LogP) is 2.83. The third kappa shape index (κ3) is 2.88. The maximum atomic E-state index is 12.6. The van der Waals surface area contributed by atoms with Gasteiger partial charge in [-0.3, -0.25) is 0 Å². The molecule has 0 amide bonds. The molecule has 1 aliphatic heterocycles. The first-order valence-electron chi connectivity index (χ1n) is 6.07. The SMILES string of the molecule is CNCCCC1=CS(=O)(=O)c2cc(C(F)(F)F)ccc21. The predicted molar refractivity (Wildman–Crippen MR) is 69.8 cm³/mol. The molecule has 2 rings (SSSR count). The summed E-state index contributed by atoms with van der Waals surface area (Å²) in [6.07, 6.45) is -3.31. The minimum absolute atomic E-state index is 0.244. The molecule has 0 unspecified atom stereocenters. The van der Waals surface area contributed by atoms with Gasteiger partial charge in [0.25, 0.3) is 0 Å². The van der Waals surface area contributed by atoms with Crippen LogP contribution in [0.15, 0.2) is 28.5 Å². The highest BCUT2D eigenvalue weighted by Gasteiger charge is 2.34. The molecule has 0 fully saturated rings. The molecule has 0 radical (unpaired) electrons. The lowest BCUT2D eigenvalue weighted by atomic mass is 10.0. The Morgan fingerprint density at radius 3 is 2.55 bits per heavy atom. The molecular formula is C13H14F3NO2S. The van der Waals surface area contributed by atoms with Crippen LogP contribution in [-0.4, -0.2) is 22.0 Å². The number of sulfone groups is 1. The van der Waals surface area contributed by atoms with Crippen LogP contribution < -0.4 is 5.32 Å². The number of hydrogen-bond donors (Lipinski definition) is 1. The van der Waals surface area contributed by atoms with Gasteiger partial charge in [-0.2, -0.15) is 13.2 Å². The Labute approximate surface area is 115 Å². The van der Waals surface area contributed by atoms with E-state index in [4.69, 9.17) is 0 Å². The van der Waals surface area contributed by atoms with Crippen molar-refractivity contribution < 1.29 is 21.6 Å². The molecule has 20 heavy (non-hydrogen) atoms. The minimum atomic E-state index is -4.54. The summed E-state index contributed by atoms with van der Waals surface area (Å²) >= 11 is 0. The molecule has 0 spiro atoms. The maximum absolute atomic E-state index is 12.6. The molecule has 0 atom stereocenters. The van der Waals surface area contributed by atoms with E-state index in [1.807, 2.05) is 0 Å². The summed E-state index contributed by atoms with van der Waals surface area (Å²) in [6.45, 7) is 0.716. The topological polar surface area (TPSA) is 46.2 Å². The summed E-state index contributed by atoms with van der Waals surface area (Å²) in [7, 11) is -1.98. The van der Waals surface area contributed by atoms with Crippen molar-refractivity contribution in [2.24, 2.45) is 0 Å². The first kappa shape index (κ1) is 15.1. The summed E-state index contributed by atoms with van der Waals surface area (Å²) in [6, 6.07) is 2.88. The first-order chi connectivity index (χ1) is 9.25. The Morgan fingerprint density at radius 2 is 1.95 bits per heavy atom. The molecule has 0 bridgehead atoms. The van der Waals surface area contributed by atoms with Crippen LogP contribution in [0.3, 0.4) is 0 Å². The number of rotatable bonds is 4. The smallest absolute Gasteiger partial charge is 0.320 e. The number of nitrogens with one attached hydrogen (secondary N) is 1. The number of hydrogen-bond acceptors (Lipinski definition) is 3. The molecule has 1 aromatic rings. The molecule has 0 saturated carbocycles. The molecule has 3 nitrogen and oxygen atoms in total. The van der Waals surface area contributed by atoms with Crippen LogP contribution in [0.1, 0.15) is 24.0 Å². The Morgan fingerprint density at radius 1 is 1.25 bits per heavy atom. The molecular weight excluding hydrogens is 291 g/mol. The van der Waals surface area contributed by atoms with Crippen molar-refractivity contribution in [1.82, 2.24) is 5.32 Å². The monoisotopic (exact) mass is 305 g/mol. The highest BCUT2D eigenvalue weighted by Crippen LogP contribution is 2.39. The zero-order chi connectivity index (χ0) is 15.0. The Balaban J connectivity index is 2.39. The molecule has 1 N–H and O–H groups in total. The van der Waals surface area contributed by atoms with Gasteiger partial charge in [-0.25, -0.2) is 8.42 Å². The van der Waals surface area contributed by atoms with Crippen molar-refractivity contribution in [2.45, 2.75) is 23.9 Å². The van der Waals surface area contributed by atoms with Gasteiger partial charge >= 0.3 is 6.18 Å². The summed E-state index contributed by atoms with van der Waals surface area (Å²) in [4.78, 5) is -0.244. The van der Waals surface area contributed by atoms with Crippen molar-refractivity contribution in [1.29, 1.82) is 0 Å². The second-order valence-corrected chi connectivity index (χ2v) is 6.37. The summed E-state index contributed by atoms with van der Waals surface area (Å²) in [5.74, 6) is 0. The Kier molecular flexibility index (Phi) is 3.93. The number of halogens is 3. The molecule has 1 heterocycles. The van der Waals surface area contributed by atoms with Crippen LogP contribution >= 0.6 is 0 Å². The second kappa shape index (κ2) is 5.21. The largest absolute Gasteiger partial charge is 0.416 e. The van der Waals surface area contributed by atoms with Crippen LogP contribution in [-0.2, 0) is 16.0 Å². The lowest BCUT2D eigenvalue weighted by Crippen LogP contribution is -2.07. The fourth-order valence-corrected chi connectivity index (χ4v) is 3.71. The van der Waals surface area contributed by atoms with Gasteiger partial charge in [-0.15, -0.1) is 0 Å². The number of alkyl halides is 3. The number of fused-ring (bicyclic) bond motifs is 1. The number of benzene rings is 1. The normalized spacial score (nSPS) is 16.9. The average molecular weight is 305 g/mol. The summed E-state index contributed by atoms with van der Waals surface area (Å²) < 4.78 is 61.7. The van der Waals surface area contributed by atoms with Gasteiger partial charge < -0.3 is 5.32 Å². The second-order valence-electron chi connectivity index (χ2n) is 4.60. The third-order valence-electron chi connectivity index (χ3n) is 3.13. The zero-order valence-corrected chi connectivity index (χ0v) is 11.6. The van der Waals surface area contributed by atoms with Gasteiger partial charge in [-0.05, 0) is 49.7 Å². The van der Waals surface area contributed by atoms with Crippen LogP contribution in [0.25, 0.3) is 5.57 Å². The van der Waals surface area contributed by atoms with Crippen LogP contribution in [0.4, 0.5) is 13.2 Å². The maximum Gasteiger partial charge on any atom is 0.416 e. The standard InChI is InChI=1S/C13H14F3NO2S/c1-17-6-2-3-9-8-20(18,19)12-7-10(13(14,15)16)4-5-11(9)12/h4-5,7-8,17H,2-3,6H2,1H3. The lowest BCUT2D eigenvalue weighted by Gasteiger charge is -2.09. The van der Waals surface area contributed by atoms with Crippen molar-refractivity contribution in [3.63, 3.8) is 0 Å². The van der Waals surface area contributed by atoms with E-state index in [1.54, 1.807) is 7.05 Å². The Bertz CT molecular complexity index is 648. The highest BCUT2D eigenvalue weighted by molar-refractivity contribution is 7.95. The third-order valence-corrected chi connectivity index (χ3v) is 4.68. The summed E-state index contributed by atoms with van der Waals surface area (Å²) in [5.41, 5.74) is 0.0165. The van der Waals surface area contributed by atoms with Crippen molar-refractivity contribution in [2.75, 3.05) is 13.6 Å². The lowest BCUT2D eigenvalue weighted by molar-refractivity contribution is -0.137. The van der Waals surface area contributed by atoms with Crippen LogP contribution in [0.2, 0.25) is 0 Å². The van der Waals surface area contributed by atoms with Gasteiger partial charge in [0, 0.05) is 5.41 Å². The highest BCUT2D eigenvalue weighted by atomic mass is 32.2. The van der Waals surface area contributed by atoms with Crippen molar-refractivity contribution in [3.8, 4) is 0 Å². The molecule has 1 aromatic carbocycles. The fraction of sp³-hybridized carbons (Fsp3) is 0.385. The van der Waals surface area contributed by atoms with Crippen molar-refractivity contribution >= 4 is 15.4 Å². The fourth-order valence-electron chi connectivity index (χ4n) is 2.16. The molecule has 0 aliphatic carbocycles. The van der Waals surface area contributed by atoms with Crippen LogP contribution in [0.5, 0.6) is 0 Å². The van der Waals surface area contributed by atoms with E-state index in [2.05, 4.69) is 5.32 Å². The Hall–Kier alpha value is -1.34. The average Bonchev–Trinajstić information content (AvgIpc) is 2.60.